The lowest BCUT2D eigenvalue weighted by atomic mass is 9.96. The molecule has 1 aliphatic carbocycles. The summed E-state index contributed by atoms with van der Waals surface area (Å²) in [6, 6.07) is 7.30. The molecule has 0 radical (unpaired) electrons. The van der Waals surface area contributed by atoms with Crippen LogP contribution in [0.15, 0.2) is 36.1 Å². The fourth-order valence-electron chi connectivity index (χ4n) is 1.95. The van der Waals surface area contributed by atoms with Crippen molar-refractivity contribution in [1.29, 1.82) is 0 Å². The van der Waals surface area contributed by atoms with Gasteiger partial charge in [-0.25, -0.2) is 0 Å². The molecule has 1 atom stereocenters. The Kier molecular flexibility index (Phi) is 3.09. The van der Waals surface area contributed by atoms with E-state index in [-0.39, 0.29) is 36.1 Å². The molecule has 0 bridgehead atoms. The molecule has 0 saturated carbocycles. The molecule has 17 heavy (non-hydrogen) atoms. The highest BCUT2D eigenvalue weighted by Gasteiger charge is 2.26. The summed E-state index contributed by atoms with van der Waals surface area (Å²) in [4.78, 5) is 23.0. The Balaban J connectivity index is 2.05. The van der Waals surface area contributed by atoms with Gasteiger partial charge < -0.3 is 5.11 Å². The summed E-state index contributed by atoms with van der Waals surface area (Å²) in [6.07, 6.45) is 1.65. The van der Waals surface area contributed by atoms with Crippen LogP contribution >= 0.6 is 0 Å². The standard InChI is InChI=1S/C14H14O3/c1-9-2-4-10(5-3-9)13(16)7-11-6-12(15)8-14(11)17/h2-5,8,11,17H,6-7H2,1H3. The molecule has 0 aliphatic heterocycles. The number of carbonyl (C=O) groups is 2. The zero-order chi connectivity index (χ0) is 12.4. The van der Waals surface area contributed by atoms with E-state index < -0.39 is 0 Å². The van der Waals surface area contributed by atoms with Gasteiger partial charge in [-0.1, -0.05) is 29.8 Å². The van der Waals surface area contributed by atoms with Gasteiger partial charge in [-0.3, -0.25) is 9.59 Å². The van der Waals surface area contributed by atoms with Crippen molar-refractivity contribution < 1.29 is 14.7 Å². The number of aliphatic hydroxyl groups excluding tert-OH is 1. The zero-order valence-electron chi connectivity index (χ0n) is 9.64. The second-order valence-electron chi connectivity index (χ2n) is 4.43. The third kappa shape index (κ3) is 2.61. The Morgan fingerprint density at radius 2 is 2.00 bits per heavy atom. The average Bonchev–Trinajstić information content (AvgIpc) is 2.58. The van der Waals surface area contributed by atoms with Crippen LogP contribution in [0.4, 0.5) is 0 Å². The van der Waals surface area contributed by atoms with E-state index in [1.54, 1.807) is 12.1 Å². The molecule has 1 N–H and O–H groups in total. The van der Waals surface area contributed by atoms with Crippen LogP contribution < -0.4 is 0 Å². The molecule has 1 aromatic rings. The molecule has 0 heterocycles. The first kappa shape index (κ1) is 11.6. The first-order valence-electron chi connectivity index (χ1n) is 5.59. The highest BCUT2D eigenvalue weighted by Crippen LogP contribution is 2.26. The summed E-state index contributed by atoms with van der Waals surface area (Å²) in [5.41, 5.74) is 1.73. The van der Waals surface area contributed by atoms with E-state index in [2.05, 4.69) is 0 Å². The molecular weight excluding hydrogens is 216 g/mol. The molecule has 0 saturated heterocycles. The zero-order valence-corrected chi connectivity index (χ0v) is 9.64. The Bertz CT molecular complexity index is 483. The summed E-state index contributed by atoms with van der Waals surface area (Å²) < 4.78 is 0. The molecule has 3 heteroatoms. The molecule has 1 aromatic carbocycles. The Hall–Kier alpha value is -1.90. The molecule has 0 spiro atoms. The maximum absolute atomic E-state index is 11.9. The number of aryl methyl sites for hydroxylation is 1. The van der Waals surface area contributed by atoms with Crippen molar-refractivity contribution in [3.05, 3.63) is 47.2 Å². The van der Waals surface area contributed by atoms with E-state index in [0.717, 1.165) is 5.56 Å². The van der Waals surface area contributed by atoms with Gasteiger partial charge in [-0.05, 0) is 6.92 Å². The SMILES string of the molecule is Cc1ccc(C(=O)CC2CC(=O)C=C2O)cc1. The normalized spacial score (nSPS) is 19.2. The van der Waals surface area contributed by atoms with Gasteiger partial charge in [-0.2, -0.15) is 0 Å². The van der Waals surface area contributed by atoms with Gasteiger partial charge in [-0.15, -0.1) is 0 Å². The second kappa shape index (κ2) is 4.53. The molecule has 0 aromatic heterocycles. The van der Waals surface area contributed by atoms with Crippen molar-refractivity contribution in [1.82, 2.24) is 0 Å². The van der Waals surface area contributed by atoms with Crippen LogP contribution in [-0.2, 0) is 4.79 Å². The lowest BCUT2D eigenvalue weighted by Gasteiger charge is -2.08. The van der Waals surface area contributed by atoms with E-state index in [0.29, 0.717) is 5.56 Å². The van der Waals surface area contributed by atoms with Crippen molar-refractivity contribution in [2.24, 2.45) is 5.92 Å². The highest BCUT2D eigenvalue weighted by molar-refractivity contribution is 5.98. The van der Waals surface area contributed by atoms with E-state index in [1.807, 2.05) is 19.1 Å². The van der Waals surface area contributed by atoms with Gasteiger partial charge >= 0.3 is 0 Å². The minimum absolute atomic E-state index is 0.0374. The smallest absolute Gasteiger partial charge is 0.163 e. The van der Waals surface area contributed by atoms with Crippen LogP contribution in [0, 0.1) is 12.8 Å². The van der Waals surface area contributed by atoms with Crippen molar-refractivity contribution in [3.8, 4) is 0 Å². The molecule has 1 aliphatic rings. The second-order valence-corrected chi connectivity index (χ2v) is 4.43. The predicted octanol–water partition coefficient (Wildman–Crippen LogP) is 2.60. The van der Waals surface area contributed by atoms with Crippen molar-refractivity contribution in [3.63, 3.8) is 0 Å². The molecule has 0 fully saturated rings. The van der Waals surface area contributed by atoms with E-state index in [9.17, 15) is 14.7 Å². The van der Waals surface area contributed by atoms with Crippen molar-refractivity contribution in [2.45, 2.75) is 19.8 Å². The lowest BCUT2D eigenvalue weighted by molar-refractivity contribution is -0.114. The minimum atomic E-state index is -0.337. The third-order valence-corrected chi connectivity index (χ3v) is 2.98. The van der Waals surface area contributed by atoms with Crippen molar-refractivity contribution in [2.75, 3.05) is 0 Å². The molecule has 3 nitrogen and oxygen atoms in total. The van der Waals surface area contributed by atoms with E-state index >= 15 is 0 Å². The molecule has 88 valence electrons. The first-order chi connectivity index (χ1) is 8.06. The third-order valence-electron chi connectivity index (χ3n) is 2.98. The monoisotopic (exact) mass is 230 g/mol. The van der Waals surface area contributed by atoms with Crippen LogP contribution in [0.25, 0.3) is 0 Å². The molecular formula is C14H14O3. The number of Topliss-reactive ketones (excluding diaryl/α,β-unsaturated/α-hetero) is 1. The number of allylic oxidation sites excluding steroid dienone is 2. The number of benzene rings is 1. The lowest BCUT2D eigenvalue weighted by Crippen LogP contribution is -2.09. The molecule has 0 amide bonds. The fraction of sp³-hybridized carbons (Fsp3) is 0.286. The summed E-state index contributed by atoms with van der Waals surface area (Å²) in [6.45, 7) is 1.96. The topological polar surface area (TPSA) is 54.4 Å². The number of carbonyl (C=O) groups excluding carboxylic acids is 2. The van der Waals surface area contributed by atoms with E-state index in [1.165, 1.54) is 6.08 Å². The number of aliphatic hydroxyl groups is 1. The van der Waals surface area contributed by atoms with Crippen LogP contribution in [0.5, 0.6) is 0 Å². The minimum Gasteiger partial charge on any atom is -0.512 e. The predicted molar refractivity (Wildman–Crippen MR) is 64.0 cm³/mol. The Labute approximate surface area is 99.8 Å². The van der Waals surface area contributed by atoms with Crippen molar-refractivity contribution >= 4 is 11.6 Å². The number of rotatable bonds is 3. The van der Waals surface area contributed by atoms with Crippen LogP contribution in [-0.4, -0.2) is 16.7 Å². The molecule has 1 unspecified atom stereocenters. The quantitative estimate of drug-likeness (QED) is 0.812. The van der Waals surface area contributed by atoms with Gasteiger partial charge in [0.25, 0.3) is 0 Å². The van der Waals surface area contributed by atoms with Gasteiger partial charge in [0.15, 0.2) is 11.6 Å². The summed E-state index contributed by atoms with van der Waals surface area (Å²) >= 11 is 0. The first-order valence-corrected chi connectivity index (χ1v) is 5.59. The Morgan fingerprint density at radius 3 is 2.53 bits per heavy atom. The number of hydrogen-bond donors (Lipinski definition) is 1. The van der Waals surface area contributed by atoms with Gasteiger partial charge in [0.05, 0.1) is 5.76 Å². The maximum atomic E-state index is 11.9. The van der Waals surface area contributed by atoms with Gasteiger partial charge in [0.2, 0.25) is 0 Å². The number of hydrogen-bond acceptors (Lipinski definition) is 3. The van der Waals surface area contributed by atoms with Gasteiger partial charge in [0.1, 0.15) is 0 Å². The average molecular weight is 230 g/mol. The molecule has 2 rings (SSSR count). The maximum Gasteiger partial charge on any atom is 0.163 e. The van der Waals surface area contributed by atoms with Crippen LogP contribution in [0.1, 0.15) is 28.8 Å². The fourth-order valence-corrected chi connectivity index (χ4v) is 1.95. The van der Waals surface area contributed by atoms with Gasteiger partial charge in [0, 0.05) is 30.4 Å². The highest BCUT2D eigenvalue weighted by atomic mass is 16.3. The number of ketones is 2. The van der Waals surface area contributed by atoms with Crippen LogP contribution in [0.3, 0.4) is 0 Å². The summed E-state index contributed by atoms with van der Waals surface area (Å²) in [5, 5.41) is 9.49. The summed E-state index contributed by atoms with van der Waals surface area (Å²) in [7, 11) is 0. The largest absolute Gasteiger partial charge is 0.512 e. The van der Waals surface area contributed by atoms with E-state index in [4.69, 9.17) is 0 Å². The Morgan fingerprint density at radius 1 is 1.35 bits per heavy atom. The summed E-state index contributed by atoms with van der Waals surface area (Å²) in [5.74, 6) is -0.444. The van der Waals surface area contributed by atoms with Crippen LogP contribution in [0.2, 0.25) is 0 Å².